The predicted molar refractivity (Wildman–Crippen MR) is 79.4 cm³/mol. The van der Waals surface area contributed by atoms with Crippen LogP contribution in [0, 0.1) is 0 Å². The average molecular weight is 266 g/mol. The van der Waals surface area contributed by atoms with Gasteiger partial charge in [-0.15, -0.1) is 0 Å². The van der Waals surface area contributed by atoms with Crippen LogP contribution in [0.4, 0.5) is 11.6 Å². The standard InChI is InChI=1S/C13H22N4S/c1-3-7-15-11-8-14-9-12(17-11)16-10-13(18-2)5-4-6-13/h8-9H,3-7,10H2,1-2H3,(H2,15,16,17). The van der Waals surface area contributed by atoms with Gasteiger partial charge in [-0.2, -0.15) is 11.8 Å². The first kappa shape index (κ1) is 13.5. The molecule has 18 heavy (non-hydrogen) atoms. The maximum Gasteiger partial charge on any atom is 0.147 e. The van der Waals surface area contributed by atoms with Crippen LogP contribution in [-0.2, 0) is 0 Å². The zero-order valence-corrected chi connectivity index (χ0v) is 12.0. The first-order valence-electron chi connectivity index (χ1n) is 6.63. The van der Waals surface area contributed by atoms with Crippen LogP contribution in [0.2, 0.25) is 0 Å². The van der Waals surface area contributed by atoms with Crippen LogP contribution in [0.3, 0.4) is 0 Å². The second-order valence-corrected chi connectivity index (χ2v) is 6.08. The third-order valence-electron chi connectivity index (χ3n) is 3.48. The number of hydrogen-bond donors (Lipinski definition) is 2. The molecule has 100 valence electrons. The minimum atomic E-state index is 0.425. The van der Waals surface area contributed by atoms with E-state index in [1.165, 1.54) is 19.3 Å². The summed E-state index contributed by atoms with van der Waals surface area (Å²) < 4.78 is 0.425. The number of rotatable bonds is 7. The molecule has 0 amide bonds. The highest BCUT2D eigenvalue weighted by Gasteiger charge is 2.35. The molecular weight excluding hydrogens is 244 g/mol. The molecule has 2 rings (SSSR count). The highest BCUT2D eigenvalue weighted by atomic mass is 32.2. The third kappa shape index (κ3) is 3.28. The van der Waals surface area contributed by atoms with Crippen molar-refractivity contribution in [2.75, 3.05) is 30.0 Å². The fourth-order valence-corrected chi connectivity index (χ4v) is 2.98. The fourth-order valence-electron chi connectivity index (χ4n) is 2.07. The van der Waals surface area contributed by atoms with Gasteiger partial charge in [0.15, 0.2) is 0 Å². The number of anilines is 2. The molecule has 0 spiro atoms. The van der Waals surface area contributed by atoms with Crippen molar-refractivity contribution in [2.24, 2.45) is 0 Å². The lowest BCUT2D eigenvalue weighted by Crippen LogP contribution is -2.40. The first-order chi connectivity index (χ1) is 8.78. The molecule has 2 N–H and O–H groups in total. The molecule has 1 saturated carbocycles. The molecule has 1 aliphatic rings. The Morgan fingerprint density at radius 3 is 2.56 bits per heavy atom. The van der Waals surface area contributed by atoms with Crippen LogP contribution >= 0.6 is 11.8 Å². The second kappa shape index (κ2) is 6.27. The van der Waals surface area contributed by atoms with Gasteiger partial charge in [-0.3, -0.25) is 4.98 Å². The smallest absolute Gasteiger partial charge is 0.147 e. The number of aromatic nitrogens is 2. The van der Waals surface area contributed by atoms with Crippen LogP contribution in [0.1, 0.15) is 32.6 Å². The molecule has 0 unspecified atom stereocenters. The third-order valence-corrected chi connectivity index (χ3v) is 4.90. The van der Waals surface area contributed by atoms with Crippen molar-refractivity contribution < 1.29 is 0 Å². The van der Waals surface area contributed by atoms with Gasteiger partial charge in [0, 0.05) is 17.8 Å². The summed E-state index contributed by atoms with van der Waals surface area (Å²) in [6.45, 7) is 4.06. The van der Waals surface area contributed by atoms with Crippen molar-refractivity contribution in [1.82, 2.24) is 9.97 Å². The van der Waals surface area contributed by atoms with E-state index < -0.39 is 0 Å². The van der Waals surface area contributed by atoms with Gasteiger partial charge in [0.05, 0.1) is 12.4 Å². The predicted octanol–water partition coefficient (Wildman–Crippen LogP) is 3.00. The topological polar surface area (TPSA) is 49.8 Å². The van der Waals surface area contributed by atoms with E-state index in [0.717, 1.165) is 31.1 Å². The minimum absolute atomic E-state index is 0.425. The molecule has 4 nitrogen and oxygen atoms in total. The molecule has 0 aromatic carbocycles. The van der Waals surface area contributed by atoms with Crippen LogP contribution in [0.25, 0.3) is 0 Å². The van der Waals surface area contributed by atoms with Gasteiger partial charge in [0.1, 0.15) is 11.6 Å². The van der Waals surface area contributed by atoms with E-state index in [2.05, 4.69) is 33.8 Å². The van der Waals surface area contributed by atoms with Crippen molar-refractivity contribution in [3.63, 3.8) is 0 Å². The molecule has 0 bridgehead atoms. The Kier molecular flexibility index (Phi) is 4.69. The van der Waals surface area contributed by atoms with E-state index in [9.17, 15) is 0 Å². The Labute approximate surface area is 113 Å². The summed E-state index contributed by atoms with van der Waals surface area (Å²) in [6, 6.07) is 0. The minimum Gasteiger partial charge on any atom is -0.369 e. The van der Waals surface area contributed by atoms with Gasteiger partial charge < -0.3 is 10.6 Å². The summed E-state index contributed by atoms with van der Waals surface area (Å²) in [5.41, 5.74) is 0. The molecule has 1 aliphatic carbocycles. The first-order valence-corrected chi connectivity index (χ1v) is 7.85. The zero-order valence-electron chi connectivity index (χ0n) is 11.2. The van der Waals surface area contributed by atoms with E-state index in [4.69, 9.17) is 0 Å². The van der Waals surface area contributed by atoms with Crippen molar-refractivity contribution >= 4 is 23.4 Å². The van der Waals surface area contributed by atoms with Gasteiger partial charge in [0.25, 0.3) is 0 Å². The SMILES string of the molecule is CCCNc1cncc(NCC2(SC)CCC2)n1. The lowest BCUT2D eigenvalue weighted by atomic mass is 9.84. The molecule has 1 aromatic heterocycles. The largest absolute Gasteiger partial charge is 0.369 e. The average Bonchev–Trinajstić information content (AvgIpc) is 2.36. The van der Waals surface area contributed by atoms with Crippen molar-refractivity contribution in [2.45, 2.75) is 37.4 Å². The summed E-state index contributed by atoms with van der Waals surface area (Å²) >= 11 is 1.97. The molecule has 0 aliphatic heterocycles. The highest BCUT2D eigenvalue weighted by molar-refractivity contribution is 8.00. The van der Waals surface area contributed by atoms with Gasteiger partial charge in [0.2, 0.25) is 0 Å². The Morgan fingerprint density at radius 1 is 1.28 bits per heavy atom. The van der Waals surface area contributed by atoms with Crippen LogP contribution in [0.5, 0.6) is 0 Å². The lowest BCUT2D eigenvalue weighted by Gasteiger charge is -2.40. The monoisotopic (exact) mass is 266 g/mol. The Bertz CT molecular complexity index is 373. The number of nitrogens with one attached hydrogen (secondary N) is 2. The van der Waals surface area contributed by atoms with Crippen LogP contribution in [0.15, 0.2) is 12.4 Å². The summed E-state index contributed by atoms with van der Waals surface area (Å²) in [7, 11) is 0. The highest BCUT2D eigenvalue weighted by Crippen LogP contribution is 2.42. The van der Waals surface area contributed by atoms with Gasteiger partial charge in [-0.25, -0.2) is 4.98 Å². The maximum atomic E-state index is 4.51. The molecule has 0 saturated heterocycles. The lowest BCUT2D eigenvalue weighted by molar-refractivity contribution is 0.379. The van der Waals surface area contributed by atoms with Crippen molar-refractivity contribution in [1.29, 1.82) is 0 Å². The quantitative estimate of drug-likeness (QED) is 0.794. The molecule has 0 radical (unpaired) electrons. The maximum absolute atomic E-state index is 4.51. The molecule has 1 aromatic rings. The normalized spacial score (nSPS) is 17.0. The molecule has 0 atom stereocenters. The summed E-state index contributed by atoms with van der Waals surface area (Å²) in [5.74, 6) is 1.73. The van der Waals surface area contributed by atoms with Gasteiger partial charge in [-0.1, -0.05) is 13.3 Å². The molecule has 1 fully saturated rings. The van der Waals surface area contributed by atoms with Crippen LogP contribution in [-0.4, -0.2) is 34.1 Å². The van der Waals surface area contributed by atoms with E-state index in [0.29, 0.717) is 4.75 Å². The summed E-state index contributed by atoms with van der Waals surface area (Å²) in [4.78, 5) is 8.73. The van der Waals surface area contributed by atoms with E-state index in [-0.39, 0.29) is 0 Å². The summed E-state index contributed by atoms with van der Waals surface area (Å²) in [6.07, 6.45) is 10.8. The summed E-state index contributed by atoms with van der Waals surface area (Å²) in [5, 5.41) is 6.68. The molecule has 5 heteroatoms. The fraction of sp³-hybridized carbons (Fsp3) is 0.692. The van der Waals surface area contributed by atoms with Gasteiger partial charge in [-0.05, 0) is 25.5 Å². The Balaban J connectivity index is 1.88. The number of hydrogen-bond acceptors (Lipinski definition) is 5. The number of thioether (sulfide) groups is 1. The van der Waals surface area contributed by atoms with E-state index in [1.807, 2.05) is 11.8 Å². The van der Waals surface area contributed by atoms with Crippen molar-refractivity contribution in [3.05, 3.63) is 12.4 Å². The molecule has 1 heterocycles. The molecular formula is C13H22N4S. The van der Waals surface area contributed by atoms with E-state index in [1.54, 1.807) is 12.4 Å². The second-order valence-electron chi connectivity index (χ2n) is 4.81. The zero-order chi connectivity index (χ0) is 12.8. The van der Waals surface area contributed by atoms with E-state index >= 15 is 0 Å². The van der Waals surface area contributed by atoms with Crippen molar-refractivity contribution in [3.8, 4) is 0 Å². The Hall–Kier alpha value is -0.970. The Morgan fingerprint density at radius 2 is 2.00 bits per heavy atom. The number of nitrogens with zero attached hydrogens (tertiary/aromatic N) is 2. The van der Waals surface area contributed by atoms with Gasteiger partial charge >= 0.3 is 0 Å². The van der Waals surface area contributed by atoms with Crippen LogP contribution < -0.4 is 10.6 Å².